The molecular formula is C15H10F3NO. The van der Waals surface area contributed by atoms with E-state index in [4.69, 9.17) is 5.26 Å². The molecule has 0 spiro atoms. The molecule has 2 nitrogen and oxygen atoms in total. The van der Waals surface area contributed by atoms with Crippen molar-refractivity contribution in [2.24, 2.45) is 0 Å². The predicted molar refractivity (Wildman–Crippen MR) is 67.9 cm³/mol. The smallest absolute Gasteiger partial charge is 0.387 e. The van der Waals surface area contributed by atoms with Crippen LogP contribution in [0, 0.1) is 24.1 Å². The average molecular weight is 277 g/mol. The first-order valence-electron chi connectivity index (χ1n) is 5.76. The van der Waals surface area contributed by atoms with Crippen LogP contribution in [0.25, 0.3) is 11.1 Å². The Hall–Kier alpha value is -2.48. The number of benzene rings is 2. The van der Waals surface area contributed by atoms with Crippen molar-refractivity contribution in [3.63, 3.8) is 0 Å². The van der Waals surface area contributed by atoms with Crippen LogP contribution in [0.4, 0.5) is 13.2 Å². The molecule has 0 radical (unpaired) electrons. The number of nitriles is 1. The minimum absolute atomic E-state index is 0.0263. The molecular weight excluding hydrogens is 267 g/mol. The Morgan fingerprint density at radius 2 is 1.90 bits per heavy atom. The molecule has 2 rings (SSSR count). The van der Waals surface area contributed by atoms with Crippen LogP contribution in [-0.4, -0.2) is 6.61 Å². The third-order valence-corrected chi connectivity index (χ3v) is 2.75. The zero-order valence-electron chi connectivity index (χ0n) is 10.5. The Bertz CT molecular complexity index is 677. The van der Waals surface area contributed by atoms with E-state index in [0.29, 0.717) is 5.56 Å². The Morgan fingerprint density at radius 3 is 2.50 bits per heavy atom. The molecule has 0 aliphatic rings. The van der Waals surface area contributed by atoms with E-state index in [1.165, 1.54) is 24.3 Å². The van der Waals surface area contributed by atoms with Crippen LogP contribution in [0.1, 0.15) is 11.1 Å². The van der Waals surface area contributed by atoms with Crippen molar-refractivity contribution in [1.82, 2.24) is 0 Å². The number of ether oxygens (including phenoxy) is 1. The molecule has 0 atom stereocenters. The molecule has 0 heterocycles. The lowest BCUT2D eigenvalue weighted by Crippen LogP contribution is -2.03. The minimum atomic E-state index is -3.04. The van der Waals surface area contributed by atoms with E-state index in [-0.39, 0.29) is 16.9 Å². The van der Waals surface area contributed by atoms with E-state index in [2.05, 4.69) is 4.74 Å². The molecule has 0 unspecified atom stereocenters. The fraction of sp³-hybridized carbons (Fsp3) is 0.133. The van der Waals surface area contributed by atoms with Crippen molar-refractivity contribution in [3.05, 3.63) is 53.3 Å². The van der Waals surface area contributed by atoms with Gasteiger partial charge in [-0.1, -0.05) is 18.2 Å². The quantitative estimate of drug-likeness (QED) is 0.839. The van der Waals surface area contributed by atoms with Gasteiger partial charge in [0, 0.05) is 5.56 Å². The van der Waals surface area contributed by atoms with Crippen LogP contribution < -0.4 is 4.74 Å². The maximum absolute atomic E-state index is 13.9. The van der Waals surface area contributed by atoms with Gasteiger partial charge in [-0.05, 0) is 36.2 Å². The van der Waals surface area contributed by atoms with Crippen LogP contribution in [0.15, 0.2) is 36.4 Å². The molecule has 0 aliphatic carbocycles. The first-order chi connectivity index (χ1) is 9.51. The van der Waals surface area contributed by atoms with Gasteiger partial charge in [0.25, 0.3) is 0 Å². The van der Waals surface area contributed by atoms with E-state index < -0.39 is 12.4 Å². The van der Waals surface area contributed by atoms with Gasteiger partial charge in [-0.15, -0.1) is 0 Å². The molecule has 0 saturated carbocycles. The molecule has 0 bridgehead atoms. The molecule has 2 aromatic carbocycles. The van der Waals surface area contributed by atoms with Crippen molar-refractivity contribution in [1.29, 1.82) is 5.26 Å². The first-order valence-corrected chi connectivity index (χ1v) is 5.76. The van der Waals surface area contributed by atoms with Gasteiger partial charge >= 0.3 is 6.61 Å². The molecule has 0 amide bonds. The summed E-state index contributed by atoms with van der Waals surface area (Å²) < 4.78 is 42.7. The number of halogens is 3. The van der Waals surface area contributed by atoms with Gasteiger partial charge in [-0.25, -0.2) is 4.39 Å². The molecule has 0 fully saturated rings. The average Bonchev–Trinajstić information content (AvgIpc) is 2.38. The van der Waals surface area contributed by atoms with Crippen LogP contribution in [-0.2, 0) is 0 Å². The molecule has 0 aromatic heterocycles. The fourth-order valence-corrected chi connectivity index (χ4v) is 1.83. The molecule has 0 saturated heterocycles. The number of hydrogen-bond acceptors (Lipinski definition) is 2. The van der Waals surface area contributed by atoms with Crippen molar-refractivity contribution in [2.45, 2.75) is 13.5 Å². The van der Waals surface area contributed by atoms with Gasteiger partial charge in [0.2, 0.25) is 0 Å². The highest BCUT2D eigenvalue weighted by Crippen LogP contribution is 2.30. The molecule has 5 heteroatoms. The SMILES string of the molecule is Cc1ccc(-c2ccc(C#N)c(OC(F)F)c2)c(F)c1. The standard InChI is InChI=1S/C15H10F3NO/c1-9-2-5-12(13(16)6-9)10-3-4-11(8-19)14(7-10)20-15(17)18/h2-7,15H,1H3. The van der Waals surface area contributed by atoms with Crippen molar-refractivity contribution in [2.75, 3.05) is 0 Å². The van der Waals surface area contributed by atoms with Gasteiger partial charge in [0.05, 0.1) is 5.56 Å². The maximum Gasteiger partial charge on any atom is 0.387 e. The summed E-state index contributed by atoms with van der Waals surface area (Å²) in [5, 5.41) is 8.83. The highest BCUT2D eigenvalue weighted by Gasteiger charge is 2.13. The summed E-state index contributed by atoms with van der Waals surface area (Å²) in [6.07, 6.45) is 0. The van der Waals surface area contributed by atoms with E-state index >= 15 is 0 Å². The number of rotatable bonds is 3. The lowest BCUT2D eigenvalue weighted by molar-refractivity contribution is -0.0500. The summed E-state index contributed by atoms with van der Waals surface area (Å²) in [5.41, 5.74) is 1.36. The zero-order chi connectivity index (χ0) is 14.7. The maximum atomic E-state index is 13.9. The van der Waals surface area contributed by atoms with Gasteiger partial charge in [-0.2, -0.15) is 14.0 Å². The van der Waals surface area contributed by atoms with Gasteiger partial charge in [0.15, 0.2) is 0 Å². The first kappa shape index (κ1) is 13.9. The summed E-state index contributed by atoms with van der Waals surface area (Å²) in [7, 11) is 0. The summed E-state index contributed by atoms with van der Waals surface area (Å²) in [5.74, 6) is -0.724. The van der Waals surface area contributed by atoms with Crippen molar-refractivity contribution in [3.8, 4) is 22.9 Å². The van der Waals surface area contributed by atoms with E-state index in [0.717, 1.165) is 5.56 Å². The van der Waals surface area contributed by atoms with Crippen LogP contribution in [0.2, 0.25) is 0 Å². The second-order valence-corrected chi connectivity index (χ2v) is 4.18. The third kappa shape index (κ3) is 2.91. The summed E-state index contributed by atoms with van der Waals surface area (Å²) in [4.78, 5) is 0. The Morgan fingerprint density at radius 1 is 1.15 bits per heavy atom. The molecule has 2 aromatic rings. The largest absolute Gasteiger partial charge is 0.433 e. The minimum Gasteiger partial charge on any atom is -0.433 e. The topological polar surface area (TPSA) is 33.0 Å². The highest BCUT2D eigenvalue weighted by atomic mass is 19.3. The van der Waals surface area contributed by atoms with Crippen molar-refractivity contribution >= 4 is 0 Å². The van der Waals surface area contributed by atoms with Crippen molar-refractivity contribution < 1.29 is 17.9 Å². The number of nitrogens with zero attached hydrogens (tertiary/aromatic N) is 1. The van der Waals surface area contributed by atoms with E-state index in [1.807, 2.05) is 0 Å². The zero-order valence-corrected chi connectivity index (χ0v) is 10.5. The van der Waals surface area contributed by atoms with Gasteiger partial charge in [-0.3, -0.25) is 0 Å². The Kier molecular flexibility index (Phi) is 3.94. The molecule has 102 valence electrons. The lowest BCUT2D eigenvalue weighted by atomic mass is 10.0. The second-order valence-electron chi connectivity index (χ2n) is 4.18. The summed E-state index contributed by atoms with van der Waals surface area (Å²) >= 11 is 0. The van der Waals surface area contributed by atoms with Crippen LogP contribution in [0.3, 0.4) is 0 Å². The molecule has 20 heavy (non-hydrogen) atoms. The lowest BCUT2D eigenvalue weighted by Gasteiger charge is -2.10. The Labute approximate surface area is 114 Å². The van der Waals surface area contributed by atoms with Gasteiger partial charge < -0.3 is 4.74 Å². The number of alkyl halides is 2. The number of hydrogen-bond donors (Lipinski definition) is 0. The van der Waals surface area contributed by atoms with Gasteiger partial charge in [0.1, 0.15) is 17.6 Å². The second kappa shape index (κ2) is 5.66. The van der Waals surface area contributed by atoms with Crippen LogP contribution in [0.5, 0.6) is 5.75 Å². The monoisotopic (exact) mass is 277 g/mol. The predicted octanol–water partition coefficient (Wildman–Crippen LogP) is 4.27. The number of aryl methyl sites for hydroxylation is 1. The molecule has 0 N–H and O–H groups in total. The highest BCUT2D eigenvalue weighted by molar-refractivity contribution is 5.68. The Balaban J connectivity index is 2.50. The third-order valence-electron chi connectivity index (χ3n) is 2.75. The molecule has 0 aliphatic heterocycles. The summed E-state index contributed by atoms with van der Waals surface area (Å²) in [6.45, 7) is -1.29. The van der Waals surface area contributed by atoms with E-state index in [9.17, 15) is 13.2 Å². The fourth-order valence-electron chi connectivity index (χ4n) is 1.83. The van der Waals surface area contributed by atoms with E-state index in [1.54, 1.807) is 25.1 Å². The van der Waals surface area contributed by atoms with Crippen LogP contribution >= 0.6 is 0 Å². The summed E-state index contributed by atoms with van der Waals surface area (Å²) in [6, 6.07) is 10.4. The normalized spacial score (nSPS) is 10.4.